The number of amides is 3. The number of hydrogen-bond acceptors (Lipinski definition) is 4. The van der Waals surface area contributed by atoms with Crippen LogP contribution in [0.3, 0.4) is 0 Å². The molecular weight excluding hydrogens is 403 g/mol. The van der Waals surface area contributed by atoms with E-state index >= 15 is 0 Å². The topological polar surface area (TPSA) is 74.8 Å². The van der Waals surface area contributed by atoms with Crippen LogP contribution in [-0.2, 0) is 9.59 Å². The Morgan fingerprint density at radius 3 is 2.11 bits per heavy atom. The van der Waals surface area contributed by atoms with Crippen molar-refractivity contribution in [2.24, 2.45) is 0 Å². The Hall–Kier alpha value is -2.70. The van der Waals surface area contributed by atoms with Crippen LogP contribution in [0.15, 0.2) is 48.5 Å². The highest BCUT2D eigenvalue weighted by Crippen LogP contribution is 2.26. The molecular formula is C20H16Cl2N2O4. The molecule has 0 aliphatic carbocycles. The Morgan fingerprint density at radius 1 is 0.929 bits per heavy atom. The van der Waals surface area contributed by atoms with E-state index in [0.29, 0.717) is 5.56 Å². The van der Waals surface area contributed by atoms with Gasteiger partial charge in [-0.3, -0.25) is 19.2 Å². The Kier molecular flexibility index (Phi) is 5.82. The van der Waals surface area contributed by atoms with Crippen molar-refractivity contribution in [3.8, 4) is 0 Å². The molecule has 3 amide bonds. The summed E-state index contributed by atoms with van der Waals surface area (Å²) in [5, 5.41) is 2.07. The second-order valence-electron chi connectivity index (χ2n) is 6.28. The lowest BCUT2D eigenvalue weighted by molar-refractivity contribution is -0.154. The zero-order valence-electron chi connectivity index (χ0n) is 14.9. The van der Waals surface area contributed by atoms with E-state index in [1.54, 1.807) is 30.3 Å². The van der Waals surface area contributed by atoms with E-state index in [-0.39, 0.29) is 28.5 Å². The number of benzene rings is 2. The zero-order chi connectivity index (χ0) is 20.4. The molecule has 1 heterocycles. The van der Waals surface area contributed by atoms with E-state index in [0.717, 1.165) is 10.0 Å². The first-order valence-corrected chi connectivity index (χ1v) is 9.30. The van der Waals surface area contributed by atoms with Gasteiger partial charge in [0, 0.05) is 24.0 Å². The summed E-state index contributed by atoms with van der Waals surface area (Å²) >= 11 is 11.9. The van der Waals surface area contributed by atoms with Crippen LogP contribution in [0, 0.1) is 0 Å². The minimum absolute atomic E-state index is 0.0176. The molecule has 0 N–H and O–H groups in total. The predicted octanol–water partition coefficient (Wildman–Crippen LogP) is 3.77. The van der Waals surface area contributed by atoms with Crippen LogP contribution in [0.2, 0.25) is 10.0 Å². The first kappa shape index (κ1) is 20.0. The van der Waals surface area contributed by atoms with Crippen LogP contribution in [0.25, 0.3) is 0 Å². The molecule has 1 aliphatic heterocycles. The Labute approximate surface area is 171 Å². The molecule has 0 radical (unpaired) electrons. The molecule has 0 aromatic heterocycles. The van der Waals surface area contributed by atoms with Crippen LogP contribution in [0.4, 0.5) is 0 Å². The van der Waals surface area contributed by atoms with Crippen molar-refractivity contribution in [3.63, 3.8) is 0 Å². The number of carbonyl (C=O) groups is 4. The van der Waals surface area contributed by atoms with Crippen molar-refractivity contribution in [2.45, 2.75) is 25.8 Å². The van der Waals surface area contributed by atoms with E-state index in [1.807, 2.05) is 0 Å². The van der Waals surface area contributed by atoms with Gasteiger partial charge in [0.05, 0.1) is 10.0 Å². The zero-order valence-corrected chi connectivity index (χ0v) is 16.4. The molecule has 1 saturated heterocycles. The average Bonchev–Trinajstić information content (AvgIpc) is 3.02. The fourth-order valence-corrected chi connectivity index (χ4v) is 3.26. The SMILES string of the molecule is C[C@@H](C(=O)c1ccccc1)N(C(=O)c1ccc(Cl)c(Cl)c1)N1C(=O)CCC1=O. The maximum absolute atomic E-state index is 13.2. The average molecular weight is 419 g/mol. The monoisotopic (exact) mass is 418 g/mol. The van der Waals surface area contributed by atoms with Crippen molar-refractivity contribution < 1.29 is 19.2 Å². The number of Topliss-reactive ketones (excluding diaryl/α,β-unsaturated/α-hetero) is 1. The predicted molar refractivity (Wildman–Crippen MR) is 104 cm³/mol. The quantitative estimate of drug-likeness (QED) is 0.546. The van der Waals surface area contributed by atoms with Gasteiger partial charge in [-0.1, -0.05) is 53.5 Å². The summed E-state index contributed by atoms with van der Waals surface area (Å²) in [7, 11) is 0. The molecule has 6 nitrogen and oxygen atoms in total. The van der Waals surface area contributed by atoms with E-state index in [9.17, 15) is 19.2 Å². The molecule has 0 bridgehead atoms. The molecule has 0 spiro atoms. The lowest BCUT2D eigenvalue weighted by Gasteiger charge is -2.34. The molecule has 0 saturated carbocycles. The molecule has 2 aromatic rings. The smallest absolute Gasteiger partial charge is 0.273 e. The number of nitrogens with zero attached hydrogens (tertiary/aromatic N) is 2. The van der Waals surface area contributed by atoms with Crippen molar-refractivity contribution in [3.05, 3.63) is 69.7 Å². The lowest BCUT2D eigenvalue weighted by Crippen LogP contribution is -2.55. The Balaban J connectivity index is 2.03. The first-order valence-electron chi connectivity index (χ1n) is 8.55. The van der Waals surface area contributed by atoms with Gasteiger partial charge in [0.2, 0.25) is 11.8 Å². The fourth-order valence-electron chi connectivity index (χ4n) is 2.96. The number of imide groups is 1. The van der Waals surface area contributed by atoms with E-state index < -0.39 is 29.5 Å². The third-order valence-electron chi connectivity index (χ3n) is 4.42. The number of hydrogen-bond donors (Lipinski definition) is 0. The molecule has 144 valence electrons. The summed E-state index contributed by atoms with van der Waals surface area (Å²) in [6.45, 7) is 1.48. The van der Waals surface area contributed by atoms with Gasteiger partial charge < -0.3 is 0 Å². The molecule has 1 aliphatic rings. The van der Waals surface area contributed by atoms with Crippen LogP contribution < -0.4 is 0 Å². The van der Waals surface area contributed by atoms with Crippen LogP contribution in [-0.4, -0.2) is 39.6 Å². The number of hydrazine groups is 1. The lowest BCUT2D eigenvalue weighted by atomic mass is 10.0. The molecule has 3 rings (SSSR count). The highest BCUT2D eigenvalue weighted by atomic mass is 35.5. The highest BCUT2D eigenvalue weighted by molar-refractivity contribution is 6.42. The molecule has 28 heavy (non-hydrogen) atoms. The van der Waals surface area contributed by atoms with Crippen molar-refractivity contribution in [2.75, 3.05) is 0 Å². The standard InChI is InChI=1S/C20H16Cl2N2O4/c1-12(19(27)13-5-3-2-4-6-13)23(24-17(25)9-10-18(24)26)20(28)14-7-8-15(21)16(22)11-14/h2-8,11-12H,9-10H2,1H3/t12-/m0/s1. The normalized spacial score (nSPS) is 14.9. The van der Waals surface area contributed by atoms with Crippen LogP contribution >= 0.6 is 23.2 Å². The van der Waals surface area contributed by atoms with Gasteiger partial charge in [-0.05, 0) is 25.1 Å². The van der Waals surface area contributed by atoms with Gasteiger partial charge >= 0.3 is 0 Å². The number of carbonyl (C=O) groups excluding carboxylic acids is 4. The molecule has 1 fully saturated rings. The largest absolute Gasteiger partial charge is 0.292 e. The molecule has 1 atom stereocenters. The maximum Gasteiger partial charge on any atom is 0.273 e. The third-order valence-corrected chi connectivity index (χ3v) is 5.16. The Bertz CT molecular complexity index is 946. The summed E-state index contributed by atoms with van der Waals surface area (Å²) in [5.74, 6) is -2.17. The summed E-state index contributed by atoms with van der Waals surface area (Å²) in [6.07, 6.45) is -0.0352. The molecule has 0 unspecified atom stereocenters. The molecule has 2 aromatic carbocycles. The first-order chi connectivity index (χ1) is 13.3. The minimum Gasteiger partial charge on any atom is -0.292 e. The maximum atomic E-state index is 13.2. The molecule has 8 heteroatoms. The highest BCUT2D eigenvalue weighted by Gasteiger charge is 2.41. The summed E-state index contributed by atoms with van der Waals surface area (Å²) in [6, 6.07) is 11.5. The van der Waals surface area contributed by atoms with Crippen molar-refractivity contribution in [1.82, 2.24) is 10.0 Å². The van der Waals surface area contributed by atoms with E-state index in [2.05, 4.69) is 0 Å². The minimum atomic E-state index is -1.09. The third kappa shape index (κ3) is 3.79. The van der Waals surface area contributed by atoms with Gasteiger partial charge in [0.25, 0.3) is 5.91 Å². The number of ketones is 1. The van der Waals surface area contributed by atoms with Gasteiger partial charge in [-0.25, -0.2) is 5.01 Å². The fraction of sp³-hybridized carbons (Fsp3) is 0.200. The van der Waals surface area contributed by atoms with Gasteiger partial charge in [-0.2, -0.15) is 5.01 Å². The summed E-state index contributed by atoms with van der Waals surface area (Å²) in [4.78, 5) is 50.7. The van der Waals surface area contributed by atoms with E-state index in [1.165, 1.54) is 25.1 Å². The van der Waals surface area contributed by atoms with Crippen LogP contribution in [0.1, 0.15) is 40.5 Å². The Morgan fingerprint density at radius 2 is 1.54 bits per heavy atom. The van der Waals surface area contributed by atoms with Crippen molar-refractivity contribution >= 4 is 46.7 Å². The number of rotatable bonds is 5. The van der Waals surface area contributed by atoms with Gasteiger partial charge in [0.1, 0.15) is 6.04 Å². The second kappa shape index (κ2) is 8.12. The van der Waals surface area contributed by atoms with Gasteiger partial charge in [0.15, 0.2) is 5.78 Å². The van der Waals surface area contributed by atoms with Gasteiger partial charge in [-0.15, -0.1) is 0 Å². The summed E-state index contributed by atoms with van der Waals surface area (Å²) in [5.41, 5.74) is 0.468. The summed E-state index contributed by atoms with van der Waals surface area (Å²) < 4.78 is 0. The van der Waals surface area contributed by atoms with E-state index in [4.69, 9.17) is 23.2 Å². The number of halogens is 2. The van der Waals surface area contributed by atoms with Crippen LogP contribution in [0.5, 0.6) is 0 Å². The van der Waals surface area contributed by atoms with Crippen molar-refractivity contribution in [1.29, 1.82) is 0 Å². The second-order valence-corrected chi connectivity index (χ2v) is 7.10.